The van der Waals surface area contributed by atoms with Gasteiger partial charge in [0.15, 0.2) is 0 Å². The first-order valence-corrected chi connectivity index (χ1v) is 8.10. The van der Waals surface area contributed by atoms with E-state index >= 15 is 0 Å². The molecule has 118 valence electrons. The lowest BCUT2D eigenvalue weighted by atomic mass is 9.66. The summed E-state index contributed by atoms with van der Waals surface area (Å²) in [6, 6.07) is 20.0. The van der Waals surface area contributed by atoms with Crippen LogP contribution in [-0.4, -0.2) is 22.4 Å². The molecule has 0 bridgehead atoms. The van der Waals surface area contributed by atoms with E-state index in [0.29, 0.717) is 19.3 Å². The average Bonchev–Trinajstić information content (AvgIpc) is 2.60. The van der Waals surface area contributed by atoms with Crippen LogP contribution in [0.2, 0.25) is 0 Å². The van der Waals surface area contributed by atoms with E-state index in [4.69, 9.17) is 0 Å². The Bertz CT molecular complexity index is 540. The zero-order valence-electron chi connectivity index (χ0n) is 13.4. The number of aliphatic hydroxyl groups is 2. The maximum atomic E-state index is 10.8. The van der Waals surface area contributed by atoms with Gasteiger partial charge in [-0.15, -0.1) is 0 Å². The van der Waals surface area contributed by atoms with Gasteiger partial charge in [0.25, 0.3) is 0 Å². The molecule has 0 aliphatic rings. The summed E-state index contributed by atoms with van der Waals surface area (Å²) in [5.74, 6) is 0. The van der Waals surface area contributed by atoms with Gasteiger partial charge in [-0.05, 0) is 30.4 Å². The SMILES string of the molecule is CCC(O)C(Cc1ccccc1)(c1ccccc1)C(O)CC. The summed E-state index contributed by atoms with van der Waals surface area (Å²) < 4.78 is 0. The second-order valence-corrected chi connectivity index (χ2v) is 5.92. The van der Waals surface area contributed by atoms with E-state index < -0.39 is 17.6 Å². The van der Waals surface area contributed by atoms with Crippen LogP contribution in [0.15, 0.2) is 60.7 Å². The molecule has 0 saturated heterocycles. The van der Waals surface area contributed by atoms with Gasteiger partial charge in [0.1, 0.15) is 0 Å². The molecular weight excluding hydrogens is 272 g/mol. The van der Waals surface area contributed by atoms with Crippen molar-refractivity contribution < 1.29 is 10.2 Å². The van der Waals surface area contributed by atoms with E-state index in [1.807, 2.05) is 62.4 Å². The fraction of sp³-hybridized carbons (Fsp3) is 0.400. The number of benzene rings is 2. The third-order valence-corrected chi connectivity index (χ3v) is 4.61. The Morgan fingerprint density at radius 3 is 1.68 bits per heavy atom. The van der Waals surface area contributed by atoms with Crippen LogP contribution < -0.4 is 0 Å². The summed E-state index contributed by atoms with van der Waals surface area (Å²) in [5.41, 5.74) is 1.46. The van der Waals surface area contributed by atoms with Crippen molar-refractivity contribution in [3.63, 3.8) is 0 Å². The zero-order valence-corrected chi connectivity index (χ0v) is 13.4. The predicted molar refractivity (Wildman–Crippen MR) is 90.9 cm³/mol. The highest BCUT2D eigenvalue weighted by atomic mass is 16.3. The van der Waals surface area contributed by atoms with Crippen molar-refractivity contribution in [2.75, 3.05) is 0 Å². The van der Waals surface area contributed by atoms with Crippen LogP contribution in [0.4, 0.5) is 0 Å². The molecule has 2 heteroatoms. The maximum Gasteiger partial charge on any atom is 0.0662 e. The van der Waals surface area contributed by atoms with Crippen molar-refractivity contribution in [3.8, 4) is 0 Å². The zero-order chi connectivity index (χ0) is 16.0. The molecule has 0 heterocycles. The number of hydrogen-bond donors (Lipinski definition) is 2. The molecule has 2 unspecified atom stereocenters. The maximum absolute atomic E-state index is 10.8. The summed E-state index contributed by atoms with van der Waals surface area (Å²) in [4.78, 5) is 0. The molecular formula is C20H26O2. The van der Waals surface area contributed by atoms with Crippen LogP contribution in [0.3, 0.4) is 0 Å². The first-order valence-electron chi connectivity index (χ1n) is 8.10. The molecule has 2 rings (SSSR count). The van der Waals surface area contributed by atoms with E-state index in [1.165, 1.54) is 0 Å². The van der Waals surface area contributed by atoms with E-state index in [9.17, 15) is 10.2 Å². The molecule has 0 aliphatic heterocycles. The molecule has 0 aromatic heterocycles. The predicted octanol–water partition coefficient (Wildman–Crippen LogP) is 3.71. The Morgan fingerprint density at radius 2 is 1.23 bits per heavy atom. The van der Waals surface area contributed by atoms with Gasteiger partial charge in [-0.25, -0.2) is 0 Å². The van der Waals surface area contributed by atoms with Gasteiger partial charge in [-0.2, -0.15) is 0 Å². The molecule has 0 radical (unpaired) electrons. The van der Waals surface area contributed by atoms with Gasteiger partial charge in [-0.3, -0.25) is 0 Å². The van der Waals surface area contributed by atoms with Gasteiger partial charge in [0.2, 0.25) is 0 Å². The first kappa shape index (κ1) is 16.7. The molecule has 2 aromatic rings. The molecule has 0 aliphatic carbocycles. The van der Waals surface area contributed by atoms with Crippen molar-refractivity contribution in [1.82, 2.24) is 0 Å². The summed E-state index contributed by atoms with van der Waals surface area (Å²) in [6.07, 6.45) is 0.662. The smallest absolute Gasteiger partial charge is 0.0662 e. The van der Waals surface area contributed by atoms with Crippen molar-refractivity contribution in [2.45, 2.75) is 50.7 Å². The lowest BCUT2D eigenvalue weighted by Gasteiger charge is -2.42. The number of rotatable bonds is 7. The van der Waals surface area contributed by atoms with E-state index in [-0.39, 0.29) is 0 Å². The first-order chi connectivity index (χ1) is 10.6. The van der Waals surface area contributed by atoms with E-state index in [0.717, 1.165) is 11.1 Å². The van der Waals surface area contributed by atoms with Crippen LogP contribution in [-0.2, 0) is 11.8 Å². The number of hydrogen-bond acceptors (Lipinski definition) is 2. The van der Waals surface area contributed by atoms with Crippen LogP contribution in [0, 0.1) is 0 Å². The van der Waals surface area contributed by atoms with Gasteiger partial charge in [-0.1, -0.05) is 74.5 Å². The van der Waals surface area contributed by atoms with Crippen molar-refractivity contribution in [3.05, 3.63) is 71.8 Å². The average molecular weight is 298 g/mol. The fourth-order valence-corrected chi connectivity index (χ4v) is 3.36. The molecule has 0 amide bonds. The third-order valence-electron chi connectivity index (χ3n) is 4.61. The quantitative estimate of drug-likeness (QED) is 0.818. The molecule has 0 saturated carbocycles. The Morgan fingerprint density at radius 1 is 0.773 bits per heavy atom. The summed E-state index contributed by atoms with van der Waals surface area (Å²) in [5, 5.41) is 21.6. The van der Waals surface area contributed by atoms with Crippen molar-refractivity contribution in [2.24, 2.45) is 0 Å². The minimum Gasteiger partial charge on any atom is -0.392 e. The van der Waals surface area contributed by atoms with Crippen LogP contribution in [0.5, 0.6) is 0 Å². The third kappa shape index (κ3) is 3.23. The van der Waals surface area contributed by atoms with E-state index in [2.05, 4.69) is 12.1 Å². The summed E-state index contributed by atoms with van der Waals surface area (Å²) >= 11 is 0. The van der Waals surface area contributed by atoms with Crippen LogP contribution in [0.1, 0.15) is 37.8 Å². The Hall–Kier alpha value is -1.64. The highest BCUT2D eigenvalue weighted by molar-refractivity contribution is 5.33. The van der Waals surface area contributed by atoms with Gasteiger partial charge < -0.3 is 10.2 Å². The second-order valence-electron chi connectivity index (χ2n) is 5.92. The molecule has 22 heavy (non-hydrogen) atoms. The topological polar surface area (TPSA) is 40.5 Å². The standard InChI is InChI=1S/C20H26O2/c1-3-18(21)20(19(22)4-2,17-13-9-6-10-14-17)15-16-11-7-5-8-12-16/h5-14,18-19,21-22H,3-4,15H2,1-2H3. The van der Waals surface area contributed by atoms with Crippen LogP contribution >= 0.6 is 0 Å². The summed E-state index contributed by atoms with van der Waals surface area (Å²) in [7, 11) is 0. The lowest BCUT2D eigenvalue weighted by Crippen LogP contribution is -2.50. The van der Waals surface area contributed by atoms with Gasteiger partial charge >= 0.3 is 0 Å². The highest BCUT2D eigenvalue weighted by Crippen LogP contribution is 2.38. The van der Waals surface area contributed by atoms with Crippen LogP contribution in [0.25, 0.3) is 0 Å². The van der Waals surface area contributed by atoms with E-state index in [1.54, 1.807) is 0 Å². The lowest BCUT2D eigenvalue weighted by molar-refractivity contribution is -0.0203. The number of aliphatic hydroxyl groups excluding tert-OH is 2. The highest BCUT2D eigenvalue weighted by Gasteiger charge is 2.44. The summed E-state index contributed by atoms with van der Waals surface area (Å²) in [6.45, 7) is 3.94. The Balaban J connectivity index is 2.54. The van der Waals surface area contributed by atoms with Gasteiger partial charge in [0, 0.05) is 0 Å². The normalized spacial score (nSPS) is 16.7. The second kappa shape index (κ2) is 7.57. The molecule has 2 nitrogen and oxygen atoms in total. The molecule has 2 aromatic carbocycles. The largest absolute Gasteiger partial charge is 0.392 e. The van der Waals surface area contributed by atoms with Gasteiger partial charge in [0.05, 0.1) is 17.6 Å². The minimum absolute atomic E-state index is 0.593. The Labute approximate surface area is 133 Å². The molecule has 2 N–H and O–H groups in total. The van der Waals surface area contributed by atoms with Crippen molar-refractivity contribution >= 4 is 0 Å². The monoisotopic (exact) mass is 298 g/mol. The molecule has 0 spiro atoms. The molecule has 0 fully saturated rings. The Kier molecular flexibility index (Phi) is 5.76. The minimum atomic E-state index is -0.674. The molecule has 2 atom stereocenters. The fourth-order valence-electron chi connectivity index (χ4n) is 3.36. The van der Waals surface area contributed by atoms with Crippen molar-refractivity contribution in [1.29, 1.82) is 0 Å².